The van der Waals surface area contributed by atoms with Crippen LogP contribution in [0.3, 0.4) is 0 Å². The van der Waals surface area contributed by atoms with Crippen LogP contribution >= 0.6 is 0 Å². The predicted octanol–water partition coefficient (Wildman–Crippen LogP) is 2.51. The van der Waals surface area contributed by atoms with Gasteiger partial charge in [0, 0.05) is 16.8 Å². The summed E-state index contributed by atoms with van der Waals surface area (Å²) in [6.07, 6.45) is -2.23. The smallest absolute Gasteiger partial charge is 0.416 e. The molecule has 26 heavy (non-hydrogen) atoms. The Morgan fingerprint density at radius 2 is 1.42 bits per heavy atom. The number of halogens is 4. The van der Waals surface area contributed by atoms with E-state index in [0.717, 1.165) is 44.9 Å². The van der Waals surface area contributed by atoms with E-state index in [2.05, 4.69) is 22.9 Å². The van der Waals surface area contributed by atoms with Crippen LogP contribution in [0.5, 0.6) is 0 Å². The minimum atomic E-state index is -4.31. The van der Waals surface area contributed by atoms with E-state index < -0.39 is 11.7 Å². The summed E-state index contributed by atoms with van der Waals surface area (Å²) in [5.41, 5.74) is 2.12. The van der Waals surface area contributed by atoms with E-state index >= 15 is 0 Å². The highest BCUT2D eigenvalue weighted by Gasteiger charge is 2.30. The first kappa shape index (κ1) is 18.2. The van der Waals surface area contributed by atoms with Crippen molar-refractivity contribution in [2.45, 2.75) is 6.18 Å². The Morgan fingerprint density at radius 3 is 2.12 bits per heavy atom. The maximum atomic E-state index is 12.7. The Labute approximate surface area is 155 Å². The second-order valence-electron chi connectivity index (χ2n) is 6.13. The predicted molar refractivity (Wildman–Crippen MR) is 93.1 cm³/mol. The molecule has 0 aliphatic rings. The highest BCUT2D eigenvalue weighted by Crippen LogP contribution is 2.32. The zero-order chi connectivity index (χ0) is 17.6. The van der Waals surface area contributed by atoms with Crippen molar-refractivity contribution in [2.75, 3.05) is 0 Å². The fourth-order valence-electron chi connectivity index (χ4n) is 3.22. The molecule has 0 unspecified atom stereocenters. The minimum Gasteiger partial charge on any atom is -1.00 e. The topological polar surface area (TPSA) is 3.88 Å². The first-order valence-electron chi connectivity index (χ1n) is 7.92. The van der Waals surface area contributed by atoms with Crippen LogP contribution in [0.15, 0.2) is 72.9 Å². The molecule has 0 radical (unpaired) electrons. The molecule has 4 aromatic rings. The fraction of sp³-hybridized carbons (Fsp3) is 0.0952. The van der Waals surface area contributed by atoms with Gasteiger partial charge in [0.25, 0.3) is 0 Å². The molecule has 0 bridgehead atoms. The van der Waals surface area contributed by atoms with Crippen molar-refractivity contribution >= 4 is 21.7 Å². The van der Waals surface area contributed by atoms with Crippen molar-refractivity contribution in [1.29, 1.82) is 0 Å². The molecule has 0 fully saturated rings. The third-order valence-electron chi connectivity index (χ3n) is 4.51. The monoisotopic (exact) mass is 373 g/mol. The average molecular weight is 374 g/mol. The molecule has 1 heterocycles. The van der Waals surface area contributed by atoms with Crippen LogP contribution in [0.1, 0.15) is 5.56 Å². The molecule has 0 saturated heterocycles. The zero-order valence-electron chi connectivity index (χ0n) is 13.9. The van der Waals surface area contributed by atoms with Gasteiger partial charge in [0.2, 0.25) is 5.52 Å². The number of nitrogens with zero attached hydrogens (tertiary/aromatic N) is 1. The van der Waals surface area contributed by atoms with Gasteiger partial charge in [-0.15, -0.1) is 0 Å². The summed E-state index contributed by atoms with van der Waals surface area (Å²) in [7, 11) is 1.99. The van der Waals surface area contributed by atoms with Crippen molar-refractivity contribution in [1.82, 2.24) is 0 Å². The SMILES string of the molecule is C[n+]1cc2ccccc2c2cc(-c3ccc(C(F)(F)F)cc3)ccc21.[Cl-]. The zero-order valence-corrected chi connectivity index (χ0v) is 14.6. The lowest BCUT2D eigenvalue weighted by Gasteiger charge is -2.09. The van der Waals surface area contributed by atoms with Crippen LogP contribution in [0.2, 0.25) is 0 Å². The minimum absolute atomic E-state index is 0. The summed E-state index contributed by atoms with van der Waals surface area (Å²) >= 11 is 0. The van der Waals surface area contributed by atoms with Crippen molar-refractivity contribution in [3.63, 3.8) is 0 Å². The number of alkyl halides is 3. The Hall–Kier alpha value is -2.59. The molecular formula is C21H15ClF3N. The van der Waals surface area contributed by atoms with Crippen molar-refractivity contribution < 1.29 is 30.1 Å². The number of benzene rings is 3. The largest absolute Gasteiger partial charge is 1.00 e. The Morgan fingerprint density at radius 1 is 0.769 bits per heavy atom. The first-order valence-corrected chi connectivity index (χ1v) is 7.92. The molecule has 0 saturated carbocycles. The Kier molecular flexibility index (Phi) is 4.63. The van der Waals surface area contributed by atoms with Crippen LogP contribution < -0.4 is 17.0 Å². The molecule has 132 valence electrons. The second kappa shape index (κ2) is 6.61. The van der Waals surface area contributed by atoms with Gasteiger partial charge in [-0.3, -0.25) is 0 Å². The van der Waals surface area contributed by atoms with Gasteiger partial charge in [-0.25, -0.2) is 4.57 Å². The second-order valence-corrected chi connectivity index (χ2v) is 6.13. The van der Waals surface area contributed by atoms with Crippen molar-refractivity contribution in [3.05, 3.63) is 78.5 Å². The fourth-order valence-corrected chi connectivity index (χ4v) is 3.22. The number of pyridine rings is 1. The number of rotatable bonds is 1. The number of aryl methyl sites for hydroxylation is 1. The Balaban J connectivity index is 0.00000196. The van der Waals surface area contributed by atoms with E-state index in [4.69, 9.17) is 0 Å². The maximum absolute atomic E-state index is 12.7. The molecule has 5 heteroatoms. The highest BCUT2D eigenvalue weighted by atomic mass is 35.5. The van der Waals surface area contributed by atoms with Gasteiger partial charge in [-0.1, -0.05) is 30.3 Å². The average Bonchev–Trinajstić information content (AvgIpc) is 2.61. The van der Waals surface area contributed by atoms with Gasteiger partial charge in [0.15, 0.2) is 6.20 Å². The summed E-state index contributed by atoms with van der Waals surface area (Å²) in [5.74, 6) is 0. The summed E-state index contributed by atoms with van der Waals surface area (Å²) in [5, 5.41) is 3.34. The van der Waals surface area contributed by atoms with Crippen LogP contribution in [0.4, 0.5) is 13.2 Å². The first-order chi connectivity index (χ1) is 11.9. The number of hydrogen-bond donors (Lipinski definition) is 0. The number of hydrogen-bond acceptors (Lipinski definition) is 0. The number of aromatic nitrogens is 1. The normalized spacial score (nSPS) is 11.5. The molecule has 0 N–H and O–H groups in total. The van der Waals surface area contributed by atoms with Crippen LogP contribution in [-0.4, -0.2) is 0 Å². The maximum Gasteiger partial charge on any atom is 0.416 e. The van der Waals surface area contributed by atoms with Gasteiger partial charge >= 0.3 is 6.18 Å². The molecule has 0 amide bonds. The van der Waals surface area contributed by atoms with Gasteiger partial charge in [-0.05, 0) is 41.5 Å². The van der Waals surface area contributed by atoms with Gasteiger partial charge in [0.05, 0.1) is 10.9 Å². The molecule has 0 aliphatic heterocycles. The lowest BCUT2D eigenvalue weighted by atomic mass is 9.99. The standard InChI is InChI=1S/C21H15F3N.ClH/c1-25-13-16-4-2-3-5-18(16)19-12-15(8-11-20(19)25)14-6-9-17(10-7-14)21(22,23)24;/h2-13H,1H3;1H/q+1;/p-1. The van der Waals surface area contributed by atoms with Crippen LogP contribution in [-0.2, 0) is 13.2 Å². The highest BCUT2D eigenvalue weighted by molar-refractivity contribution is 6.05. The third-order valence-corrected chi connectivity index (χ3v) is 4.51. The third kappa shape index (κ3) is 3.13. The van der Waals surface area contributed by atoms with Crippen LogP contribution in [0, 0.1) is 0 Å². The molecule has 4 rings (SSSR count). The molecule has 1 nitrogen and oxygen atoms in total. The summed E-state index contributed by atoms with van der Waals surface area (Å²) in [6.45, 7) is 0. The summed E-state index contributed by atoms with van der Waals surface area (Å²) in [6, 6.07) is 19.4. The van der Waals surface area contributed by atoms with Crippen molar-refractivity contribution in [3.8, 4) is 11.1 Å². The van der Waals surface area contributed by atoms with Gasteiger partial charge < -0.3 is 12.4 Å². The lowest BCUT2D eigenvalue weighted by molar-refractivity contribution is -0.643. The molecule has 1 aromatic heterocycles. The summed E-state index contributed by atoms with van der Waals surface area (Å²) < 4.78 is 40.3. The number of fused-ring (bicyclic) bond motifs is 3. The molecular weight excluding hydrogens is 359 g/mol. The van der Waals surface area contributed by atoms with Gasteiger partial charge in [-0.2, -0.15) is 13.2 Å². The molecule has 0 atom stereocenters. The van der Waals surface area contributed by atoms with E-state index in [1.165, 1.54) is 12.1 Å². The van der Waals surface area contributed by atoms with Gasteiger partial charge in [0.1, 0.15) is 7.05 Å². The lowest BCUT2D eigenvalue weighted by Crippen LogP contribution is -3.00. The van der Waals surface area contributed by atoms with Crippen molar-refractivity contribution in [2.24, 2.45) is 7.05 Å². The molecule has 0 aliphatic carbocycles. The Bertz CT molecular complexity index is 1090. The summed E-state index contributed by atoms with van der Waals surface area (Å²) in [4.78, 5) is 0. The van der Waals surface area contributed by atoms with E-state index in [0.29, 0.717) is 0 Å². The quantitative estimate of drug-likeness (QED) is 0.356. The van der Waals surface area contributed by atoms with E-state index in [1.807, 2.05) is 37.4 Å². The molecule has 0 spiro atoms. The molecule has 3 aromatic carbocycles. The van der Waals surface area contributed by atoms with E-state index in [9.17, 15) is 13.2 Å². The van der Waals surface area contributed by atoms with E-state index in [-0.39, 0.29) is 12.4 Å². The van der Waals surface area contributed by atoms with Crippen LogP contribution in [0.25, 0.3) is 32.8 Å². The van der Waals surface area contributed by atoms with E-state index in [1.54, 1.807) is 0 Å².